The van der Waals surface area contributed by atoms with Gasteiger partial charge in [-0.2, -0.15) is 4.98 Å². The Morgan fingerprint density at radius 2 is 1.75 bits per heavy atom. The van der Waals surface area contributed by atoms with Gasteiger partial charge in [-0.25, -0.2) is 9.97 Å². The van der Waals surface area contributed by atoms with E-state index in [9.17, 15) is 0 Å². The Kier molecular flexibility index (Phi) is 6.10. The summed E-state index contributed by atoms with van der Waals surface area (Å²) in [5.74, 6) is 2.58. The molecule has 3 aromatic rings. The largest absolute Gasteiger partial charge is 0.378 e. The van der Waals surface area contributed by atoms with Crippen molar-refractivity contribution in [1.29, 1.82) is 0 Å². The van der Waals surface area contributed by atoms with E-state index in [1.165, 1.54) is 0 Å². The zero-order valence-corrected chi connectivity index (χ0v) is 18.9. The number of hydrogen-bond donors (Lipinski definition) is 0. The topological polar surface area (TPSA) is 57.6 Å². The third-order valence-corrected chi connectivity index (χ3v) is 6.32. The molecule has 8 heteroatoms. The summed E-state index contributed by atoms with van der Waals surface area (Å²) in [4.78, 5) is 21.2. The number of piperazine rings is 1. The molecule has 0 radical (unpaired) electrons. The first-order chi connectivity index (χ1) is 15.7. The highest BCUT2D eigenvalue weighted by Crippen LogP contribution is 2.30. The maximum Gasteiger partial charge on any atom is 0.228 e. The van der Waals surface area contributed by atoms with E-state index in [1.807, 2.05) is 30.3 Å². The van der Waals surface area contributed by atoms with Crippen LogP contribution in [0.3, 0.4) is 0 Å². The molecule has 0 bridgehead atoms. The van der Waals surface area contributed by atoms with Gasteiger partial charge in [-0.05, 0) is 19.1 Å². The van der Waals surface area contributed by atoms with E-state index in [-0.39, 0.29) is 6.04 Å². The monoisotopic (exact) mass is 450 g/mol. The van der Waals surface area contributed by atoms with Crippen molar-refractivity contribution in [3.8, 4) is 11.3 Å². The van der Waals surface area contributed by atoms with Crippen LogP contribution >= 0.6 is 11.6 Å². The molecule has 1 aromatic carbocycles. The van der Waals surface area contributed by atoms with Gasteiger partial charge in [0.1, 0.15) is 11.6 Å². The molecular formula is C24H27ClN6O. The van der Waals surface area contributed by atoms with Gasteiger partial charge in [0.2, 0.25) is 5.95 Å². The standard InChI is InChI=1S/C24H27ClN6O/c1-18-17-30(23-20(25)8-5-9-26-23)10-11-31(18)22-16-21(19-6-3-2-4-7-19)27-24(28-22)29-12-14-32-15-13-29/h2-9,16,18H,10-15,17H2,1H3/t18-/m1/s1. The number of nitrogens with zero attached hydrogens (tertiary/aromatic N) is 6. The van der Waals surface area contributed by atoms with Gasteiger partial charge in [-0.15, -0.1) is 0 Å². The summed E-state index contributed by atoms with van der Waals surface area (Å²) < 4.78 is 5.53. The van der Waals surface area contributed by atoms with Crippen LogP contribution in [0.4, 0.5) is 17.6 Å². The molecule has 0 saturated carbocycles. The van der Waals surface area contributed by atoms with E-state index in [4.69, 9.17) is 26.3 Å². The third kappa shape index (κ3) is 4.36. The van der Waals surface area contributed by atoms with Gasteiger partial charge >= 0.3 is 0 Å². The molecule has 0 aliphatic carbocycles. The van der Waals surface area contributed by atoms with Crippen LogP contribution in [-0.2, 0) is 4.74 Å². The SMILES string of the molecule is C[C@@H]1CN(c2ncccc2Cl)CCN1c1cc(-c2ccccc2)nc(N2CCOCC2)n1. The van der Waals surface area contributed by atoms with E-state index < -0.39 is 0 Å². The van der Waals surface area contributed by atoms with Crippen LogP contribution in [0.5, 0.6) is 0 Å². The Hall–Kier alpha value is -2.90. The Morgan fingerprint density at radius 3 is 2.50 bits per heavy atom. The summed E-state index contributed by atoms with van der Waals surface area (Å²) in [5.41, 5.74) is 2.04. The third-order valence-electron chi connectivity index (χ3n) is 6.02. The van der Waals surface area contributed by atoms with Crippen LogP contribution in [-0.4, -0.2) is 66.9 Å². The van der Waals surface area contributed by atoms with Gasteiger partial charge in [0.05, 0.1) is 23.9 Å². The van der Waals surface area contributed by atoms with Gasteiger partial charge in [0.15, 0.2) is 0 Å². The second-order valence-electron chi connectivity index (χ2n) is 8.17. The lowest BCUT2D eigenvalue weighted by atomic mass is 10.1. The minimum Gasteiger partial charge on any atom is -0.378 e. The maximum atomic E-state index is 6.40. The normalized spacial score (nSPS) is 19.3. The molecule has 2 aromatic heterocycles. The highest BCUT2D eigenvalue weighted by atomic mass is 35.5. The number of ether oxygens (including phenoxy) is 1. The molecule has 0 unspecified atom stereocenters. The summed E-state index contributed by atoms with van der Waals surface area (Å²) >= 11 is 6.40. The molecular weight excluding hydrogens is 424 g/mol. The second kappa shape index (κ2) is 9.30. The zero-order chi connectivity index (χ0) is 21.9. The predicted octanol–water partition coefficient (Wildman–Crippen LogP) is 3.74. The molecule has 0 N–H and O–H groups in total. The van der Waals surface area contributed by atoms with Crippen LogP contribution in [0.15, 0.2) is 54.7 Å². The van der Waals surface area contributed by atoms with Gasteiger partial charge in [0, 0.05) is 56.6 Å². The molecule has 5 rings (SSSR count). The Morgan fingerprint density at radius 1 is 0.938 bits per heavy atom. The summed E-state index contributed by atoms with van der Waals surface area (Å²) in [7, 11) is 0. The predicted molar refractivity (Wildman–Crippen MR) is 129 cm³/mol. The number of aromatic nitrogens is 3. The van der Waals surface area contributed by atoms with E-state index >= 15 is 0 Å². The van der Waals surface area contributed by atoms with E-state index in [1.54, 1.807) is 6.20 Å². The molecule has 32 heavy (non-hydrogen) atoms. The van der Waals surface area contributed by atoms with Crippen LogP contribution in [0.2, 0.25) is 5.02 Å². The fourth-order valence-electron chi connectivity index (χ4n) is 4.33. The smallest absolute Gasteiger partial charge is 0.228 e. The van der Waals surface area contributed by atoms with Gasteiger partial charge in [-0.3, -0.25) is 0 Å². The van der Waals surface area contributed by atoms with E-state index in [0.717, 1.165) is 61.6 Å². The minimum atomic E-state index is 0.248. The van der Waals surface area contributed by atoms with Crippen LogP contribution in [0.1, 0.15) is 6.92 Å². The molecule has 7 nitrogen and oxygen atoms in total. The van der Waals surface area contributed by atoms with E-state index in [2.05, 4.69) is 44.8 Å². The second-order valence-corrected chi connectivity index (χ2v) is 8.58. The highest BCUT2D eigenvalue weighted by molar-refractivity contribution is 6.32. The van der Waals surface area contributed by atoms with Gasteiger partial charge in [0.25, 0.3) is 0 Å². The van der Waals surface area contributed by atoms with Gasteiger partial charge < -0.3 is 19.4 Å². The summed E-state index contributed by atoms with van der Waals surface area (Å²) in [5, 5.41) is 0.691. The Balaban J connectivity index is 1.45. The molecule has 1 atom stereocenters. The molecule has 166 valence electrons. The van der Waals surface area contributed by atoms with Crippen molar-refractivity contribution >= 4 is 29.2 Å². The first-order valence-electron chi connectivity index (χ1n) is 11.1. The number of rotatable bonds is 4. The zero-order valence-electron chi connectivity index (χ0n) is 18.2. The van der Waals surface area contributed by atoms with Crippen molar-refractivity contribution in [2.75, 3.05) is 60.6 Å². The molecule has 0 amide bonds. The fraction of sp³-hybridized carbons (Fsp3) is 0.375. The average molecular weight is 451 g/mol. The summed E-state index contributed by atoms with van der Waals surface area (Å²) in [6.07, 6.45) is 1.80. The summed E-state index contributed by atoms with van der Waals surface area (Å²) in [6.45, 7) is 7.73. The minimum absolute atomic E-state index is 0.248. The average Bonchev–Trinajstić information content (AvgIpc) is 2.85. The highest BCUT2D eigenvalue weighted by Gasteiger charge is 2.28. The first kappa shape index (κ1) is 21.0. The number of hydrogen-bond acceptors (Lipinski definition) is 7. The number of pyridine rings is 1. The van der Waals surface area contributed by atoms with Crippen molar-refractivity contribution in [1.82, 2.24) is 15.0 Å². The Labute approximate surface area is 193 Å². The molecule has 2 saturated heterocycles. The molecule has 2 fully saturated rings. The van der Waals surface area contributed by atoms with Crippen LogP contribution in [0.25, 0.3) is 11.3 Å². The quantitative estimate of drug-likeness (QED) is 0.600. The maximum absolute atomic E-state index is 6.40. The molecule has 4 heterocycles. The van der Waals surface area contributed by atoms with Gasteiger partial charge in [-0.1, -0.05) is 41.9 Å². The molecule has 2 aliphatic rings. The van der Waals surface area contributed by atoms with Crippen molar-refractivity contribution in [3.63, 3.8) is 0 Å². The lowest BCUT2D eigenvalue weighted by Crippen LogP contribution is -2.53. The first-order valence-corrected chi connectivity index (χ1v) is 11.5. The molecule has 2 aliphatic heterocycles. The van der Waals surface area contributed by atoms with Crippen molar-refractivity contribution in [2.24, 2.45) is 0 Å². The van der Waals surface area contributed by atoms with Crippen molar-refractivity contribution in [2.45, 2.75) is 13.0 Å². The lowest BCUT2D eigenvalue weighted by Gasteiger charge is -2.41. The van der Waals surface area contributed by atoms with E-state index in [0.29, 0.717) is 18.2 Å². The van der Waals surface area contributed by atoms with Crippen LogP contribution in [0, 0.1) is 0 Å². The van der Waals surface area contributed by atoms with Crippen molar-refractivity contribution < 1.29 is 4.74 Å². The fourth-order valence-corrected chi connectivity index (χ4v) is 4.57. The lowest BCUT2D eigenvalue weighted by molar-refractivity contribution is 0.122. The number of anilines is 3. The Bertz CT molecular complexity index is 1060. The molecule has 0 spiro atoms. The van der Waals surface area contributed by atoms with Crippen LogP contribution < -0.4 is 14.7 Å². The number of morpholine rings is 1. The van der Waals surface area contributed by atoms with Crippen molar-refractivity contribution in [3.05, 3.63) is 59.8 Å². The number of benzene rings is 1. The summed E-state index contributed by atoms with van der Waals surface area (Å²) in [6, 6.07) is 16.4. The number of halogens is 1.